The minimum Gasteiger partial charge on any atom is -0.495 e. The van der Waals surface area contributed by atoms with E-state index in [2.05, 4.69) is 15.9 Å². The predicted molar refractivity (Wildman–Crippen MR) is 97.2 cm³/mol. The van der Waals surface area contributed by atoms with Gasteiger partial charge in [-0.3, -0.25) is 0 Å². The van der Waals surface area contributed by atoms with Crippen LogP contribution in [0.5, 0.6) is 5.75 Å². The molecule has 1 aliphatic heterocycles. The summed E-state index contributed by atoms with van der Waals surface area (Å²) in [6.07, 6.45) is 6.53. The van der Waals surface area contributed by atoms with Crippen molar-refractivity contribution in [1.82, 2.24) is 0 Å². The molecule has 0 saturated carbocycles. The maximum atomic E-state index is 12.5. The van der Waals surface area contributed by atoms with Gasteiger partial charge in [-0.1, -0.05) is 22.0 Å². The lowest BCUT2D eigenvalue weighted by atomic mass is 10.1. The summed E-state index contributed by atoms with van der Waals surface area (Å²) in [6.45, 7) is 1.88. The lowest BCUT2D eigenvalue weighted by Gasteiger charge is -2.26. The molecule has 25 heavy (non-hydrogen) atoms. The summed E-state index contributed by atoms with van der Waals surface area (Å²) in [5, 5.41) is 0. The van der Waals surface area contributed by atoms with Crippen molar-refractivity contribution in [3.63, 3.8) is 0 Å². The van der Waals surface area contributed by atoms with Crippen molar-refractivity contribution < 1.29 is 23.8 Å². The number of hydrogen-bond acceptors (Lipinski definition) is 6. The molecule has 0 spiro atoms. The molecule has 0 saturated heterocycles. The summed E-state index contributed by atoms with van der Waals surface area (Å²) in [4.78, 5) is 26.2. The number of nitrogens with zero attached hydrogens (tertiary/aromatic N) is 1. The molecule has 7 heteroatoms. The molecule has 6 nitrogen and oxygen atoms in total. The fourth-order valence-electron chi connectivity index (χ4n) is 2.45. The van der Waals surface area contributed by atoms with Gasteiger partial charge in [-0.25, -0.2) is 9.59 Å². The third-order valence-electron chi connectivity index (χ3n) is 3.68. The second kappa shape index (κ2) is 8.02. The average Bonchev–Trinajstić information content (AvgIpc) is 2.85. The second-order valence-corrected chi connectivity index (χ2v) is 5.89. The third-order valence-corrected chi connectivity index (χ3v) is 4.54. The van der Waals surface area contributed by atoms with E-state index >= 15 is 0 Å². The van der Waals surface area contributed by atoms with Crippen LogP contribution in [-0.4, -0.2) is 33.3 Å². The summed E-state index contributed by atoms with van der Waals surface area (Å²) in [7, 11) is 4.05. The molecular formula is C18H18BrNO5. The SMILES string of the molecule is COC(=O)C1=C(C(=O)OC)N(c2c(OC)ccc(Br)c2C)C=CC=C1. The molecule has 0 fully saturated rings. The first-order chi connectivity index (χ1) is 12.0. The first-order valence-corrected chi connectivity index (χ1v) is 8.13. The van der Waals surface area contributed by atoms with Crippen molar-refractivity contribution in [3.8, 4) is 5.75 Å². The molecule has 1 aliphatic rings. The molecule has 1 heterocycles. The Labute approximate surface area is 154 Å². The van der Waals surface area contributed by atoms with Gasteiger partial charge in [0.2, 0.25) is 0 Å². The van der Waals surface area contributed by atoms with Crippen LogP contribution in [0.2, 0.25) is 0 Å². The Balaban J connectivity index is 2.81. The fourth-order valence-corrected chi connectivity index (χ4v) is 2.77. The smallest absolute Gasteiger partial charge is 0.355 e. The highest BCUT2D eigenvalue weighted by molar-refractivity contribution is 9.10. The summed E-state index contributed by atoms with van der Waals surface area (Å²) in [6, 6.07) is 3.62. The molecule has 0 atom stereocenters. The quantitative estimate of drug-likeness (QED) is 0.713. The highest BCUT2D eigenvalue weighted by Gasteiger charge is 2.30. The lowest BCUT2D eigenvalue weighted by Crippen LogP contribution is -2.27. The Morgan fingerprint density at radius 2 is 1.72 bits per heavy atom. The lowest BCUT2D eigenvalue weighted by molar-refractivity contribution is -0.139. The highest BCUT2D eigenvalue weighted by Crippen LogP contribution is 2.39. The normalized spacial score (nSPS) is 13.6. The molecule has 0 amide bonds. The molecule has 132 valence electrons. The largest absolute Gasteiger partial charge is 0.495 e. The van der Waals surface area contributed by atoms with E-state index in [4.69, 9.17) is 14.2 Å². The maximum absolute atomic E-state index is 12.5. The van der Waals surface area contributed by atoms with Crippen LogP contribution in [0, 0.1) is 6.92 Å². The van der Waals surface area contributed by atoms with E-state index in [1.165, 1.54) is 27.4 Å². The van der Waals surface area contributed by atoms with Gasteiger partial charge < -0.3 is 19.1 Å². The predicted octanol–water partition coefficient (Wildman–Crippen LogP) is 3.26. The Morgan fingerprint density at radius 3 is 2.32 bits per heavy atom. The van der Waals surface area contributed by atoms with Crippen LogP contribution in [0.25, 0.3) is 0 Å². The maximum Gasteiger partial charge on any atom is 0.355 e. The number of esters is 2. The zero-order valence-electron chi connectivity index (χ0n) is 14.3. The topological polar surface area (TPSA) is 65.1 Å². The number of hydrogen-bond donors (Lipinski definition) is 0. The molecule has 0 radical (unpaired) electrons. The van der Waals surface area contributed by atoms with Gasteiger partial charge in [0.05, 0.1) is 32.6 Å². The monoisotopic (exact) mass is 407 g/mol. The number of anilines is 1. The van der Waals surface area contributed by atoms with Crippen molar-refractivity contribution in [2.75, 3.05) is 26.2 Å². The van der Waals surface area contributed by atoms with Crippen molar-refractivity contribution in [2.45, 2.75) is 6.92 Å². The molecule has 2 rings (SSSR count). The van der Waals surface area contributed by atoms with Crippen molar-refractivity contribution in [1.29, 1.82) is 0 Å². The number of methoxy groups -OCH3 is 3. The molecule has 1 aromatic carbocycles. The molecule has 0 unspecified atom stereocenters. The number of carbonyl (C=O) groups is 2. The van der Waals surface area contributed by atoms with Gasteiger partial charge in [-0.05, 0) is 36.8 Å². The number of carbonyl (C=O) groups excluding carboxylic acids is 2. The minimum atomic E-state index is -0.668. The van der Waals surface area contributed by atoms with Crippen LogP contribution >= 0.6 is 15.9 Å². The number of allylic oxidation sites excluding steroid dienone is 2. The average molecular weight is 408 g/mol. The van der Waals surface area contributed by atoms with Crippen LogP contribution in [0.4, 0.5) is 5.69 Å². The molecule has 0 N–H and O–H groups in total. The van der Waals surface area contributed by atoms with Crippen LogP contribution in [0.15, 0.2) is 52.3 Å². The molecule has 0 bridgehead atoms. The van der Waals surface area contributed by atoms with Crippen LogP contribution in [-0.2, 0) is 19.1 Å². The van der Waals surface area contributed by atoms with E-state index in [1.54, 1.807) is 29.3 Å². The molecule has 1 aromatic rings. The van der Waals surface area contributed by atoms with Crippen LogP contribution < -0.4 is 9.64 Å². The van der Waals surface area contributed by atoms with E-state index in [0.717, 1.165) is 10.0 Å². The van der Waals surface area contributed by atoms with Gasteiger partial charge in [-0.15, -0.1) is 0 Å². The fraction of sp³-hybridized carbons (Fsp3) is 0.222. The van der Waals surface area contributed by atoms with E-state index in [0.29, 0.717) is 11.4 Å². The third kappa shape index (κ3) is 3.61. The summed E-state index contributed by atoms with van der Waals surface area (Å²) in [5.41, 5.74) is 1.56. The Hall–Kier alpha value is -2.54. The zero-order valence-corrected chi connectivity index (χ0v) is 15.9. The van der Waals surface area contributed by atoms with E-state index < -0.39 is 11.9 Å². The Bertz CT molecular complexity index is 795. The zero-order chi connectivity index (χ0) is 18.6. The minimum absolute atomic E-state index is 0.0406. The first kappa shape index (κ1) is 18.8. The summed E-state index contributed by atoms with van der Waals surface area (Å²) >= 11 is 3.48. The number of benzene rings is 1. The van der Waals surface area contributed by atoms with E-state index in [9.17, 15) is 9.59 Å². The number of ether oxygens (including phenoxy) is 3. The van der Waals surface area contributed by atoms with E-state index in [-0.39, 0.29) is 11.3 Å². The van der Waals surface area contributed by atoms with E-state index in [1.807, 2.05) is 13.0 Å². The molecule has 0 aromatic heterocycles. The van der Waals surface area contributed by atoms with Crippen molar-refractivity contribution in [2.24, 2.45) is 0 Å². The van der Waals surface area contributed by atoms with Gasteiger partial charge in [0.25, 0.3) is 0 Å². The second-order valence-electron chi connectivity index (χ2n) is 5.04. The number of rotatable bonds is 4. The van der Waals surface area contributed by atoms with Crippen LogP contribution in [0.1, 0.15) is 5.56 Å². The summed E-state index contributed by atoms with van der Waals surface area (Å²) in [5.74, 6) is -0.770. The van der Waals surface area contributed by atoms with Crippen LogP contribution in [0.3, 0.4) is 0 Å². The Kier molecular flexibility index (Phi) is 6.03. The van der Waals surface area contributed by atoms with Gasteiger partial charge >= 0.3 is 11.9 Å². The van der Waals surface area contributed by atoms with Gasteiger partial charge in [0.15, 0.2) is 0 Å². The Morgan fingerprint density at radius 1 is 1.04 bits per heavy atom. The van der Waals surface area contributed by atoms with Gasteiger partial charge in [0.1, 0.15) is 11.4 Å². The number of halogens is 1. The highest BCUT2D eigenvalue weighted by atomic mass is 79.9. The van der Waals surface area contributed by atoms with Crippen molar-refractivity contribution >= 4 is 33.6 Å². The first-order valence-electron chi connectivity index (χ1n) is 7.34. The molecular weight excluding hydrogens is 390 g/mol. The summed E-state index contributed by atoms with van der Waals surface area (Å²) < 4.78 is 16.0. The molecule has 0 aliphatic carbocycles. The standard InChI is InChI=1S/C18H18BrNO5/c1-11-13(19)8-9-14(23-2)15(11)20-10-6-5-7-12(17(21)24-3)16(20)18(22)25-4/h5-10H,1-4H3. The van der Waals surface area contributed by atoms with Gasteiger partial charge in [0, 0.05) is 10.7 Å². The van der Waals surface area contributed by atoms with Crippen molar-refractivity contribution in [3.05, 3.63) is 57.9 Å². The van der Waals surface area contributed by atoms with Gasteiger partial charge in [-0.2, -0.15) is 0 Å².